The average molecular weight is 587 g/mol. The molecule has 1 saturated heterocycles. The van der Waals surface area contributed by atoms with Gasteiger partial charge in [0.15, 0.2) is 11.0 Å². The number of nitrogens with one attached hydrogen (secondary N) is 2. The Balaban J connectivity index is 1.20. The summed E-state index contributed by atoms with van der Waals surface area (Å²) in [6, 6.07) is 22.5. The first-order valence-electron chi connectivity index (χ1n) is 13.5. The van der Waals surface area contributed by atoms with Gasteiger partial charge in [0, 0.05) is 47.1 Å². The van der Waals surface area contributed by atoms with Crippen LogP contribution in [0.3, 0.4) is 0 Å². The summed E-state index contributed by atoms with van der Waals surface area (Å²) in [5.74, 6) is 0.557. The lowest BCUT2D eigenvalue weighted by Crippen LogP contribution is -2.35. The van der Waals surface area contributed by atoms with Crippen LogP contribution in [0.4, 0.5) is 5.69 Å². The Morgan fingerprint density at radius 1 is 0.976 bits per heavy atom. The molecule has 2 aromatic heterocycles. The lowest BCUT2D eigenvalue weighted by Gasteiger charge is -2.25. The van der Waals surface area contributed by atoms with Gasteiger partial charge in [0.05, 0.1) is 10.6 Å². The summed E-state index contributed by atoms with van der Waals surface area (Å²) in [6.07, 6.45) is 4.75. The van der Waals surface area contributed by atoms with Gasteiger partial charge < -0.3 is 10.3 Å². The predicted molar refractivity (Wildman–Crippen MR) is 162 cm³/mol. The molecule has 2 N–H and O–H groups in total. The molecule has 0 spiro atoms. The van der Waals surface area contributed by atoms with Crippen molar-refractivity contribution in [2.45, 2.75) is 36.2 Å². The van der Waals surface area contributed by atoms with Crippen LogP contribution < -0.4 is 5.32 Å². The molecule has 0 saturated carbocycles. The molecule has 0 aliphatic carbocycles. The third-order valence-electron chi connectivity index (χ3n) is 7.15. The van der Waals surface area contributed by atoms with Crippen molar-refractivity contribution in [1.29, 1.82) is 0 Å². The zero-order valence-electron chi connectivity index (χ0n) is 22.6. The number of thioether (sulfide) groups is 1. The maximum atomic E-state index is 12.9. The van der Waals surface area contributed by atoms with Crippen LogP contribution in [-0.2, 0) is 14.8 Å². The summed E-state index contributed by atoms with van der Waals surface area (Å²) < 4.78 is 29.4. The Kier molecular flexibility index (Phi) is 7.65. The van der Waals surface area contributed by atoms with Crippen LogP contribution in [0.5, 0.6) is 0 Å². The minimum Gasteiger partial charge on any atom is -0.360 e. The number of sulfonamides is 1. The van der Waals surface area contributed by atoms with E-state index in [0.29, 0.717) is 29.8 Å². The van der Waals surface area contributed by atoms with Crippen molar-refractivity contribution in [2.75, 3.05) is 24.2 Å². The van der Waals surface area contributed by atoms with E-state index in [9.17, 15) is 13.2 Å². The molecule has 9 nitrogen and oxygen atoms in total. The molecule has 6 rings (SSSR count). The average Bonchev–Trinajstić information content (AvgIpc) is 3.61. The van der Waals surface area contributed by atoms with Crippen LogP contribution in [0.25, 0.3) is 28.0 Å². The second-order valence-electron chi connectivity index (χ2n) is 10.1. The number of anilines is 1. The molecule has 3 heterocycles. The summed E-state index contributed by atoms with van der Waals surface area (Å²) in [7, 11) is -3.52. The van der Waals surface area contributed by atoms with Crippen molar-refractivity contribution < 1.29 is 13.2 Å². The minimum absolute atomic E-state index is 0.103. The fraction of sp³-hybridized carbons (Fsp3) is 0.233. The molecular weight excluding hydrogens is 557 g/mol. The van der Waals surface area contributed by atoms with Gasteiger partial charge in [-0.1, -0.05) is 48.5 Å². The highest BCUT2D eigenvalue weighted by atomic mass is 32.2. The largest absolute Gasteiger partial charge is 0.360 e. The number of H-pyrrole nitrogens is 1. The number of hydrogen-bond acceptors (Lipinski definition) is 6. The van der Waals surface area contributed by atoms with Gasteiger partial charge in [0.1, 0.15) is 0 Å². The Morgan fingerprint density at radius 2 is 1.76 bits per heavy atom. The fourth-order valence-corrected chi connectivity index (χ4v) is 7.35. The Labute approximate surface area is 243 Å². The first-order valence-corrected chi connectivity index (χ1v) is 15.9. The topological polar surface area (TPSA) is 113 Å². The molecule has 41 heavy (non-hydrogen) atoms. The van der Waals surface area contributed by atoms with Gasteiger partial charge in [-0.25, -0.2) is 8.42 Å². The van der Waals surface area contributed by atoms with Gasteiger partial charge in [0.2, 0.25) is 15.9 Å². The number of carbonyl (C=O) groups is 1. The van der Waals surface area contributed by atoms with Crippen LogP contribution in [-0.4, -0.2) is 57.2 Å². The number of rotatable bonds is 8. The highest BCUT2D eigenvalue weighted by molar-refractivity contribution is 7.99. The van der Waals surface area contributed by atoms with Crippen LogP contribution in [0, 0.1) is 6.92 Å². The molecule has 0 radical (unpaired) electrons. The van der Waals surface area contributed by atoms with Crippen molar-refractivity contribution in [3.05, 3.63) is 84.6 Å². The van der Waals surface area contributed by atoms with Crippen LogP contribution in [0.2, 0.25) is 0 Å². The summed E-state index contributed by atoms with van der Waals surface area (Å²) in [6.45, 7) is 3.13. The normalized spacial score (nSPS) is 14.4. The van der Waals surface area contributed by atoms with Gasteiger partial charge in [-0.3, -0.25) is 9.36 Å². The summed E-state index contributed by atoms with van der Waals surface area (Å²) in [5.41, 5.74) is 4.46. The standard InChI is InChI=1S/C30H30N6O3S2/c1-21-8-7-9-23(18-21)36-29(26-19-31-27-11-4-3-10-25(26)27)33-34-30(36)40-20-28(37)32-22-12-14-24(15-13-22)41(38,39)35-16-5-2-6-17-35/h3-4,7-15,18-19,31H,2,5-6,16-17,20H2,1H3,(H,32,37). The smallest absolute Gasteiger partial charge is 0.243 e. The Hall–Kier alpha value is -3.93. The monoisotopic (exact) mass is 586 g/mol. The third-order valence-corrected chi connectivity index (χ3v) is 9.99. The maximum absolute atomic E-state index is 12.9. The number of fused-ring (bicyclic) bond motifs is 1. The van der Waals surface area contributed by atoms with Crippen molar-refractivity contribution in [2.24, 2.45) is 0 Å². The number of benzene rings is 3. The number of aromatic amines is 1. The molecule has 0 bridgehead atoms. The number of hydrogen-bond donors (Lipinski definition) is 2. The molecule has 1 amide bonds. The van der Waals surface area contributed by atoms with E-state index in [1.807, 2.05) is 60.2 Å². The maximum Gasteiger partial charge on any atom is 0.243 e. The number of aryl methyl sites for hydroxylation is 1. The van der Waals surface area contributed by atoms with Crippen LogP contribution in [0.1, 0.15) is 24.8 Å². The van der Waals surface area contributed by atoms with Crippen molar-refractivity contribution in [1.82, 2.24) is 24.1 Å². The zero-order valence-corrected chi connectivity index (χ0v) is 24.2. The second kappa shape index (κ2) is 11.5. The summed E-state index contributed by atoms with van der Waals surface area (Å²) in [4.78, 5) is 16.4. The number of piperidine rings is 1. The van der Waals surface area contributed by atoms with Crippen molar-refractivity contribution in [3.8, 4) is 17.1 Å². The van der Waals surface area contributed by atoms with Crippen molar-refractivity contribution >= 4 is 44.3 Å². The Bertz CT molecular complexity index is 1810. The van der Waals surface area contributed by atoms with E-state index < -0.39 is 10.0 Å². The van der Waals surface area contributed by atoms with E-state index >= 15 is 0 Å². The highest BCUT2D eigenvalue weighted by Gasteiger charge is 2.26. The molecule has 3 aromatic carbocycles. The third kappa shape index (κ3) is 5.65. The van der Waals surface area contributed by atoms with Gasteiger partial charge in [0.25, 0.3) is 0 Å². The zero-order chi connectivity index (χ0) is 28.4. The number of nitrogens with zero attached hydrogens (tertiary/aromatic N) is 4. The summed E-state index contributed by atoms with van der Waals surface area (Å²) >= 11 is 1.29. The molecule has 210 valence electrons. The SMILES string of the molecule is Cc1cccc(-n2c(SCC(=O)Nc3ccc(S(=O)(=O)N4CCCCC4)cc3)nnc2-c2c[nH]c3ccccc23)c1. The van der Waals surface area contributed by atoms with Gasteiger partial charge in [-0.15, -0.1) is 10.2 Å². The van der Waals surface area contributed by atoms with Crippen LogP contribution in [0.15, 0.2) is 89.0 Å². The van der Waals surface area contributed by atoms with E-state index in [4.69, 9.17) is 0 Å². The minimum atomic E-state index is -3.52. The number of carbonyl (C=O) groups excluding carboxylic acids is 1. The Morgan fingerprint density at radius 3 is 2.54 bits per heavy atom. The van der Waals surface area contributed by atoms with Crippen molar-refractivity contribution in [3.63, 3.8) is 0 Å². The molecular formula is C30H30N6O3S2. The van der Waals surface area contributed by atoms with Gasteiger partial charge in [-0.2, -0.15) is 4.31 Å². The first-order chi connectivity index (χ1) is 19.9. The van der Waals surface area contributed by atoms with Gasteiger partial charge in [-0.05, 0) is 67.8 Å². The van der Waals surface area contributed by atoms with Crippen LogP contribution >= 0.6 is 11.8 Å². The lowest BCUT2D eigenvalue weighted by atomic mass is 10.1. The summed E-state index contributed by atoms with van der Waals surface area (Å²) in [5, 5.41) is 13.5. The number of amides is 1. The molecule has 0 atom stereocenters. The molecule has 5 aromatic rings. The lowest BCUT2D eigenvalue weighted by molar-refractivity contribution is -0.113. The van der Waals surface area contributed by atoms with Gasteiger partial charge >= 0.3 is 0 Å². The second-order valence-corrected chi connectivity index (χ2v) is 12.9. The van der Waals surface area contributed by atoms with E-state index in [0.717, 1.165) is 47.0 Å². The first kappa shape index (κ1) is 27.3. The highest BCUT2D eigenvalue weighted by Crippen LogP contribution is 2.33. The number of para-hydroxylation sites is 1. The molecule has 1 fully saturated rings. The molecule has 1 aliphatic rings. The number of aromatic nitrogens is 4. The van der Waals surface area contributed by atoms with E-state index in [1.165, 1.54) is 16.1 Å². The molecule has 0 unspecified atom stereocenters. The molecule has 1 aliphatic heterocycles. The quantitative estimate of drug-likeness (QED) is 0.228. The van der Waals surface area contributed by atoms with E-state index in [-0.39, 0.29) is 16.6 Å². The predicted octanol–water partition coefficient (Wildman–Crippen LogP) is 5.63. The fourth-order valence-electron chi connectivity index (χ4n) is 5.09. The van der Waals surface area contributed by atoms with E-state index in [1.54, 1.807) is 24.3 Å². The molecule has 11 heteroatoms. The van der Waals surface area contributed by atoms with E-state index in [2.05, 4.69) is 26.6 Å².